The second-order valence-electron chi connectivity index (χ2n) is 5.48. The zero-order chi connectivity index (χ0) is 13.1. The molecule has 2 aromatic rings. The summed E-state index contributed by atoms with van der Waals surface area (Å²) in [4.78, 5) is 4.62. The lowest BCUT2D eigenvalue weighted by Gasteiger charge is -2.33. The summed E-state index contributed by atoms with van der Waals surface area (Å²) >= 11 is 0. The lowest BCUT2D eigenvalue weighted by Crippen LogP contribution is -2.37. The Morgan fingerprint density at radius 1 is 1.16 bits per heavy atom. The Kier molecular flexibility index (Phi) is 3.79. The van der Waals surface area contributed by atoms with Gasteiger partial charge in [-0.3, -0.25) is 4.98 Å². The van der Waals surface area contributed by atoms with Gasteiger partial charge in [0.15, 0.2) is 0 Å². The summed E-state index contributed by atoms with van der Waals surface area (Å²) < 4.78 is 0. The van der Waals surface area contributed by atoms with E-state index < -0.39 is 0 Å². The van der Waals surface area contributed by atoms with Gasteiger partial charge in [-0.15, -0.1) is 0 Å². The van der Waals surface area contributed by atoms with Crippen LogP contribution in [0.15, 0.2) is 36.5 Å². The maximum atomic E-state index is 4.62. The van der Waals surface area contributed by atoms with E-state index in [1.165, 1.54) is 42.1 Å². The first-order valence-electron chi connectivity index (χ1n) is 7.47. The van der Waals surface area contributed by atoms with Crippen LogP contribution in [0.25, 0.3) is 10.9 Å². The van der Waals surface area contributed by atoms with Crippen LogP contribution in [0.4, 0.5) is 0 Å². The summed E-state index contributed by atoms with van der Waals surface area (Å²) in [7, 11) is 0. The summed E-state index contributed by atoms with van der Waals surface area (Å²) in [5.41, 5.74) is 2.63. The number of likely N-dealkylation sites (N-methyl/N-ethyl adjacent to an activating group) is 1. The molecule has 2 atom stereocenters. The van der Waals surface area contributed by atoms with Crippen molar-refractivity contribution in [1.29, 1.82) is 0 Å². The fraction of sp³-hybridized carbons (Fsp3) is 0.471. The quantitative estimate of drug-likeness (QED) is 0.899. The largest absolute Gasteiger partial charge is 0.314 e. The summed E-state index contributed by atoms with van der Waals surface area (Å²) in [5.74, 6) is 0.618. The molecule has 2 nitrogen and oxygen atoms in total. The highest BCUT2D eigenvalue weighted by Crippen LogP contribution is 2.35. The molecule has 0 radical (unpaired) electrons. The maximum absolute atomic E-state index is 4.62. The van der Waals surface area contributed by atoms with Gasteiger partial charge in [0.1, 0.15) is 0 Å². The minimum absolute atomic E-state index is 0.617. The van der Waals surface area contributed by atoms with Crippen molar-refractivity contribution in [1.82, 2.24) is 10.3 Å². The molecule has 1 saturated carbocycles. The molecule has 3 rings (SSSR count). The Bertz CT molecular complexity index is 542. The van der Waals surface area contributed by atoms with Crippen LogP contribution >= 0.6 is 0 Å². The van der Waals surface area contributed by atoms with Gasteiger partial charge < -0.3 is 5.32 Å². The Balaban J connectivity index is 2.02. The van der Waals surface area contributed by atoms with Crippen LogP contribution in [-0.2, 0) is 0 Å². The van der Waals surface area contributed by atoms with E-state index in [-0.39, 0.29) is 0 Å². The van der Waals surface area contributed by atoms with E-state index in [1.54, 1.807) is 0 Å². The van der Waals surface area contributed by atoms with Gasteiger partial charge in [-0.2, -0.15) is 0 Å². The molecule has 1 aromatic heterocycles. The van der Waals surface area contributed by atoms with Crippen molar-refractivity contribution in [3.05, 3.63) is 42.1 Å². The van der Waals surface area contributed by atoms with Gasteiger partial charge in [0.25, 0.3) is 0 Å². The van der Waals surface area contributed by atoms with Gasteiger partial charge in [0.05, 0.1) is 5.52 Å². The second-order valence-corrected chi connectivity index (χ2v) is 5.48. The highest BCUT2D eigenvalue weighted by molar-refractivity contribution is 5.82. The van der Waals surface area contributed by atoms with E-state index in [4.69, 9.17) is 0 Å². The van der Waals surface area contributed by atoms with E-state index in [2.05, 4.69) is 41.5 Å². The van der Waals surface area contributed by atoms with Crippen LogP contribution in [0.5, 0.6) is 0 Å². The van der Waals surface area contributed by atoms with E-state index in [0.717, 1.165) is 6.54 Å². The lowest BCUT2D eigenvalue weighted by atomic mass is 9.79. The average molecular weight is 254 g/mol. The predicted octanol–water partition coefficient (Wildman–Crippen LogP) is 3.87. The van der Waals surface area contributed by atoms with Crippen LogP contribution in [0.3, 0.4) is 0 Å². The number of rotatable bonds is 3. The van der Waals surface area contributed by atoms with E-state index >= 15 is 0 Å². The molecule has 0 amide bonds. The number of aromatic nitrogens is 1. The molecule has 1 aromatic carbocycles. The molecular weight excluding hydrogens is 232 g/mol. The van der Waals surface area contributed by atoms with E-state index in [0.29, 0.717) is 12.0 Å². The third-order valence-corrected chi connectivity index (χ3v) is 4.30. The van der Waals surface area contributed by atoms with Crippen LogP contribution in [0.2, 0.25) is 0 Å². The van der Waals surface area contributed by atoms with Crippen LogP contribution < -0.4 is 5.32 Å². The van der Waals surface area contributed by atoms with E-state index in [1.807, 2.05) is 12.3 Å². The number of pyridine rings is 1. The summed E-state index contributed by atoms with van der Waals surface area (Å²) in [6.07, 6.45) is 7.19. The molecule has 0 aliphatic heterocycles. The summed E-state index contributed by atoms with van der Waals surface area (Å²) in [6, 6.07) is 11.4. The van der Waals surface area contributed by atoms with Gasteiger partial charge in [0.2, 0.25) is 0 Å². The average Bonchev–Trinajstić information content (AvgIpc) is 2.48. The van der Waals surface area contributed by atoms with Crippen LogP contribution in [0.1, 0.15) is 44.1 Å². The van der Waals surface area contributed by atoms with Crippen molar-refractivity contribution in [3.63, 3.8) is 0 Å². The number of nitrogens with one attached hydrogen (secondary N) is 1. The lowest BCUT2D eigenvalue weighted by molar-refractivity contribution is 0.334. The van der Waals surface area contributed by atoms with Crippen molar-refractivity contribution in [2.24, 2.45) is 0 Å². The van der Waals surface area contributed by atoms with Gasteiger partial charge in [-0.1, -0.05) is 44.0 Å². The standard InChI is InChI=1S/C17H22N2/c1-2-18-16-11-4-3-9-14(16)15-10-5-7-13-8-6-12-19-17(13)15/h5-8,10,12,14,16,18H,2-4,9,11H2,1H3. The Labute approximate surface area is 115 Å². The number of hydrogen-bond donors (Lipinski definition) is 1. The van der Waals surface area contributed by atoms with E-state index in [9.17, 15) is 0 Å². The number of fused-ring (bicyclic) bond motifs is 1. The predicted molar refractivity (Wildman–Crippen MR) is 80.4 cm³/mol. The minimum Gasteiger partial charge on any atom is -0.314 e. The molecule has 19 heavy (non-hydrogen) atoms. The molecule has 1 heterocycles. The smallest absolute Gasteiger partial charge is 0.0737 e. The molecule has 2 unspecified atom stereocenters. The number of nitrogens with zero attached hydrogens (tertiary/aromatic N) is 1. The van der Waals surface area contributed by atoms with Crippen molar-refractivity contribution in [2.75, 3.05) is 6.54 Å². The fourth-order valence-corrected chi connectivity index (χ4v) is 3.44. The zero-order valence-electron chi connectivity index (χ0n) is 11.6. The Hall–Kier alpha value is -1.41. The molecule has 2 heteroatoms. The molecule has 1 fully saturated rings. The third kappa shape index (κ3) is 2.50. The molecule has 1 N–H and O–H groups in total. The van der Waals surface area contributed by atoms with Crippen molar-refractivity contribution in [2.45, 2.75) is 44.6 Å². The molecule has 0 saturated heterocycles. The second kappa shape index (κ2) is 5.70. The topological polar surface area (TPSA) is 24.9 Å². The van der Waals surface area contributed by atoms with Crippen molar-refractivity contribution >= 4 is 10.9 Å². The minimum atomic E-state index is 0.617. The SMILES string of the molecule is CCNC1CCCCC1c1cccc2cccnc12. The van der Waals surface area contributed by atoms with Gasteiger partial charge in [-0.25, -0.2) is 0 Å². The fourth-order valence-electron chi connectivity index (χ4n) is 3.44. The first-order chi connectivity index (χ1) is 9.40. The van der Waals surface area contributed by atoms with Gasteiger partial charge in [0, 0.05) is 23.5 Å². The molecular formula is C17H22N2. The molecule has 1 aliphatic rings. The van der Waals surface area contributed by atoms with Crippen molar-refractivity contribution in [3.8, 4) is 0 Å². The number of para-hydroxylation sites is 1. The van der Waals surface area contributed by atoms with Crippen LogP contribution in [-0.4, -0.2) is 17.6 Å². The van der Waals surface area contributed by atoms with Gasteiger partial charge >= 0.3 is 0 Å². The maximum Gasteiger partial charge on any atom is 0.0737 e. The Morgan fingerprint density at radius 2 is 2.00 bits per heavy atom. The Morgan fingerprint density at radius 3 is 2.89 bits per heavy atom. The highest BCUT2D eigenvalue weighted by Gasteiger charge is 2.27. The first kappa shape index (κ1) is 12.6. The van der Waals surface area contributed by atoms with Gasteiger partial charge in [-0.05, 0) is 31.0 Å². The number of hydrogen-bond acceptors (Lipinski definition) is 2. The number of benzene rings is 1. The summed E-state index contributed by atoms with van der Waals surface area (Å²) in [6.45, 7) is 3.26. The highest BCUT2D eigenvalue weighted by atomic mass is 14.9. The monoisotopic (exact) mass is 254 g/mol. The molecule has 1 aliphatic carbocycles. The first-order valence-corrected chi connectivity index (χ1v) is 7.47. The zero-order valence-corrected chi connectivity index (χ0v) is 11.6. The molecule has 100 valence electrons. The van der Waals surface area contributed by atoms with Crippen molar-refractivity contribution < 1.29 is 0 Å². The third-order valence-electron chi connectivity index (χ3n) is 4.30. The molecule has 0 spiro atoms. The normalized spacial score (nSPS) is 23.6. The molecule has 0 bridgehead atoms. The summed E-state index contributed by atoms with van der Waals surface area (Å²) in [5, 5.41) is 4.93. The van der Waals surface area contributed by atoms with Crippen LogP contribution in [0, 0.1) is 0 Å².